The summed E-state index contributed by atoms with van der Waals surface area (Å²) < 4.78 is 5.65. The number of furan rings is 1. The normalized spacial score (nSPS) is 10.2. The second kappa shape index (κ2) is 9.02. The summed E-state index contributed by atoms with van der Waals surface area (Å²) in [6.45, 7) is 1.10. The maximum Gasteiger partial charge on any atom is 0.289 e. The van der Waals surface area contributed by atoms with Gasteiger partial charge in [-0.1, -0.05) is 0 Å². The lowest BCUT2D eigenvalue weighted by Gasteiger charge is -2.15. The van der Waals surface area contributed by atoms with E-state index in [9.17, 15) is 9.59 Å². The van der Waals surface area contributed by atoms with E-state index in [1.54, 1.807) is 37.6 Å². The minimum Gasteiger partial charge on any atom is -0.444 e. The number of likely N-dealkylation sites (N-methyl/N-ethyl adjacent to an activating group) is 1. The lowest BCUT2D eigenvalue weighted by molar-refractivity contribution is -0.121. The molecule has 2 heterocycles. The van der Waals surface area contributed by atoms with Crippen LogP contribution in [0.15, 0.2) is 39.7 Å². The summed E-state index contributed by atoms with van der Waals surface area (Å²) in [7, 11) is 1.55. The summed E-state index contributed by atoms with van der Waals surface area (Å²) >= 11 is 3.13. The molecule has 2 amide bonds. The molecule has 2 rings (SSSR count). The minimum atomic E-state index is -0.348. The third kappa shape index (κ3) is 5.65. The van der Waals surface area contributed by atoms with Crippen molar-refractivity contribution < 1.29 is 14.0 Å². The molecule has 0 atom stereocenters. The Morgan fingerprint density at radius 2 is 2.00 bits per heavy atom. The van der Waals surface area contributed by atoms with Crippen LogP contribution in [0.25, 0.3) is 0 Å². The van der Waals surface area contributed by atoms with Crippen LogP contribution in [0.1, 0.15) is 17.0 Å². The Kier molecular flexibility index (Phi) is 6.74. The van der Waals surface area contributed by atoms with Gasteiger partial charge in [-0.05, 0) is 40.5 Å². The Hall–Kier alpha value is -2.42. The number of nitrogens with zero attached hydrogens (tertiary/aromatic N) is 3. The average molecular weight is 396 g/mol. The van der Waals surface area contributed by atoms with Gasteiger partial charge in [-0.2, -0.15) is 0 Å². The Bertz CT molecular complexity index is 677. The fraction of sp³-hybridized carbons (Fsp3) is 0.333. The van der Waals surface area contributed by atoms with Gasteiger partial charge >= 0.3 is 0 Å². The fourth-order valence-corrected chi connectivity index (χ4v) is 2.17. The van der Waals surface area contributed by atoms with Crippen LogP contribution in [0.5, 0.6) is 0 Å². The molecule has 0 unspecified atom stereocenters. The second-order valence-corrected chi connectivity index (χ2v) is 5.75. The molecule has 2 N–H and O–H groups in total. The highest BCUT2D eigenvalue weighted by Gasteiger charge is 2.17. The van der Waals surface area contributed by atoms with E-state index < -0.39 is 0 Å². The monoisotopic (exact) mass is 395 g/mol. The highest BCUT2D eigenvalue weighted by Crippen LogP contribution is 2.15. The summed E-state index contributed by atoms with van der Waals surface area (Å²) in [4.78, 5) is 33.2. The number of rotatable bonds is 8. The van der Waals surface area contributed by atoms with Gasteiger partial charge in [0.1, 0.15) is 0 Å². The summed E-state index contributed by atoms with van der Waals surface area (Å²) in [6.07, 6.45) is 4.02. The first-order valence-electron chi connectivity index (χ1n) is 7.34. The summed E-state index contributed by atoms with van der Waals surface area (Å²) in [5.74, 6) is 0.161. The molecule has 0 radical (unpaired) electrons. The number of hydrogen-bond donors (Lipinski definition) is 2. The van der Waals surface area contributed by atoms with Crippen LogP contribution in [0, 0.1) is 0 Å². The molecule has 0 aliphatic carbocycles. The molecule has 0 saturated carbocycles. The smallest absolute Gasteiger partial charge is 0.289 e. The molecule has 0 aliphatic rings. The van der Waals surface area contributed by atoms with Gasteiger partial charge in [0.05, 0.1) is 6.54 Å². The Morgan fingerprint density at radius 1 is 1.25 bits per heavy atom. The van der Waals surface area contributed by atoms with E-state index >= 15 is 0 Å². The molecule has 8 nitrogen and oxygen atoms in total. The molecule has 2 aromatic heterocycles. The Balaban J connectivity index is 1.63. The SMILES string of the molecule is CN(CC(=O)NCCCNc1ncccn1)C(=O)c1ccc(Br)o1. The van der Waals surface area contributed by atoms with E-state index in [1.807, 2.05) is 0 Å². The predicted molar refractivity (Wildman–Crippen MR) is 91.5 cm³/mol. The molecule has 128 valence electrons. The van der Waals surface area contributed by atoms with E-state index in [4.69, 9.17) is 4.42 Å². The van der Waals surface area contributed by atoms with Crippen molar-refractivity contribution in [2.45, 2.75) is 6.42 Å². The summed E-state index contributed by atoms with van der Waals surface area (Å²) in [6, 6.07) is 4.92. The lowest BCUT2D eigenvalue weighted by Crippen LogP contribution is -2.38. The number of nitrogens with one attached hydrogen (secondary N) is 2. The van der Waals surface area contributed by atoms with Gasteiger partial charge in [-0.3, -0.25) is 9.59 Å². The number of anilines is 1. The average Bonchev–Trinajstić information content (AvgIpc) is 3.01. The number of carbonyl (C=O) groups excluding carboxylic acids is 2. The van der Waals surface area contributed by atoms with Crippen molar-refractivity contribution in [3.05, 3.63) is 41.0 Å². The van der Waals surface area contributed by atoms with Gasteiger partial charge in [0.25, 0.3) is 5.91 Å². The number of carbonyl (C=O) groups is 2. The van der Waals surface area contributed by atoms with Gasteiger partial charge in [-0.15, -0.1) is 0 Å². The molecular formula is C15H18BrN5O3. The van der Waals surface area contributed by atoms with E-state index in [-0.39, 0.29) is 24.1 Å². The summed E-state index contributed by atoms with van der Waals surface area (Å²) in [5.41, 5.74) is 0. The maximum atomic E-state index is 12.0. The first-order valence-corrected chi connectivity index (χ1v) is 8.14. The van der Waals surface area contributed by atoms with Crippen LogP contribution in [0.2, 0.25) is 0 Å². The van der Waals surface area contributed by atoms with Crippen molar-refractivity contribution >= 4 is 33.7 Å². The van der Waals surface area contributed by atoms with Crippen molar-refractivity contribution in [3.8, 4) is 0 Å². The fourth-order valence-electron chi connectivity index (χ4n) is 1.87. The Labute approximate surface area is 147 Å². The second-order valence-electron chi connectivity index (χ2n) is 4.97. The van der Waals surface area contributed by atoms with Crippen LogP contribution >= 0.6 is 15.9 Å². The highest BCUT2D eigenvalue weighted by atomic mass is 79.9. The molecule has 24 heavy (non-hydrogen) atoms. The first kappa shape index (κ1) is 17.9. The van der Waals surface area contributed by atoms with Crippen molar-refractivity contribution in [3.63, 3.8) is 0 Å². The minimum absolute atomic E-state index is 0.0353. The van der Waals surface area contributed by atoms with Crippen molar-refractivity contribution in [2.24, 2.45) is 0 Å². The molecule has 0 bridgehead atoms. The van der Waals surface area contributed by atoms with Gasteiger partial charge < -0.3 is 20.0 Å². The molecule has 0 aromatic carbocycles. The van der Waals surface area contributed by atoms with Gasteiger partial charge in [-0.25, -0.2) is 9.97 Å². The molecule has 0 aliphatic heterocycles. The third-order valence-electron chi connectivity index (χ3n) is 3.04. The predicted octanol–water partition coefficient (Wildman–Crippen LogP) is 1.52. The van der Waals surface area contributed by atoms with Gasteiger partial charge in [0.2, 0.25) is 11.9 Å². The molecular weight excluding hydrogens is 378 g/mol. The van der Waals surface area contributed by atoms with Gasteiger partial charge in [0.15, 0.2) is 10.4 Å². The number of hydrogen-bond acceptors (Lipinski definition) is 6. The molecule has 2 aromatic rings. The number of halogens is 1. The molecule has 0 fully saturated rings. The highest BCUT2D eigenvalue weighted by molar-refractivity contribution is 9.10. The quantitative estimate of drug-likeness (QED) is 0.657. The molecule has 0 spiro atoms. The number of amides is 2. The van der Waals surface area contributed by atoms with Crippen LogP contribution in [-0.4, -0.2) is 53.4 Å². The van der Waals surface area contributed by atoms with Crippen molar-refractivity contribution in [1.82, 2.24) is 20.2 Å². The van der Waals surface area contributed by atoms with Crippen molar-refractivity contribution in [2.75, 3.05) is 32.0 Å². The van der Waals surface area contributed by atoms with Gasteiger partial charge in [0, 0.05) is 32.5 Å². The standard InChI is InChI=1S/C15H18BrN5O3/c1-21(14(23)11-4-5-12(16)24-11)10-13(22)17-6-2-7-18-15-19-8-3-9-20-15/h3-5,8-9H,2,6-7,10H2,1H3,(H,17,22)(H,18,19,20). The van der Waals surface area contributed by atoms with Crippen LogP contribution in [0.3, 0.4) is 0 Å². The van der Waals surface area contributed by atoms with E-state index in [2.05, 4.69) is 36.5 Å². The Morgan fingerprint density at radius 3 is 2.67 bits per heavy atom. The third-order valence-corrected chi connectivity index (χ3v) is 3.46. The van der Waals surface area contributed by atoms with E-state index in [1.165, 1.54) is 4.90 Å². The van der Waals surface area contributed by atoms with E-state index in [0.29, 0.717) is 30.1 Å². The molecule has 0 saturated heterocycles. The van der Waals surface area contributed by atoms with Crippen LogP contribution in [-0.2, 0) is 4.79 Å². The maximum absolute atomic E-state index is 12.0. The zero-order valence-electron chi connectivity index (χ0n) is 13.2. The zero-order chi connectivity index (χ0) is 17.4. The zero-order valence-corrected chi connectivity index (χ0v) is 14.7. The molecule has 9 heteroatoms. The lowest BCUT2D eigenvalue weighted by atomic mass is 10.3. The topological polar surface area (TPSA) is 100 Å². The van der Waals surface area contributed by atoms with E-state index in [0.717, 1.165) is 0 Å². The van der Waals surface area contributed by atoms with Crippen molar-refractivity contribution in [1.29, 1.82) is 0 Å². The largest absolute Gasteiger partial charge is 0.444 e. The number of aromatic nitrogens is 2. The first-order chi connectivity index (χ1) is 11.6. The van der Waals surface area contributed by atoms with Crippen LogP contribution < -0.4 is 10.6 Å². The van der Waals surface area contributed by atoms with Crippen LogP contribution in [0.4, 0.5) is 5.95 Å². The summed E-state index contributed by atoms with van der Waals surface area (Å²) in [5, 5.41) is 5.80.